The van der Waals surface area contributed by atoms with Crippen LogP contribution in [-0.4, -0.2) is 35.6 Å². The van der Waals surface area contributed by atoms with Gasteiger partial charge in [0.15, 0.2) is 0 Å². The molecule has 2 rings (SSSR count). The number of carbonyl (C=O) groups excluding carboxylic acids is 2. The molecule has 26 heavy (non-hydrogen) atoms. The van der Waals surface area contributed by atoms with Gasteiger partial charge in [0.25, 0.3) is 0 Å². The number of nitrogens with zero attached hydrogens (tertiary/aromatic N) is 1. The molecule has 0 heterocycles. The first-order valence-electron chi connectivity index (χ1n) is 8.44. The van der Waals surface area contributed by atoms with Crippen molar-refractivity contribution in [3.05, 3.63) is 65.2 Å². The molecule has 1 atom stereocenters. The van der Waals surface area contributed by atoms with Crippen LogP contribution in [0.4, 0.5) is 0 Å². The lowest BCUT2D eigenvalue weighted by Gasteiger charge is -2.28. The first kappa shape index (κ1) is 20.3. The van der Waals surface area contributed by atoms with E-state index in [0.717, 1.165) is 10.5 Å². The lowest BCUT2D eigenvalue weighted by molar-refractivity contribution is -0.140. The molecular weight excluding hydrogens is 368 g/mol. The summed E-state index contributed by atoms with van der Waals surface area (Å²) in [6.07, 6.45) is 0.370. The topological polar surface area (TPSA) is 49.4 Å². The van der Waals surface area contributed by atoms with Crippen LogP contribution >= 0.6 is 23.4 Å². The molecule has 0 spiro atoms. The van der Waals surface area contributed by atoms with E-state index in [1.54, 1.807) is 42.8 Å². The maximum atomic E-state index is 12.8. The third kappa shape index (κ3) is 6.07. The summed E-state index contributed by atoms with van der Waals surface area (Å²) >= 11 is 7.56. The molecule has 0 aliphatic rings. The van der Waals surface area contributed by atoms with Crippen LogP contribution in [0.2, 0.25) is 5.02 Å². The summed E-state index contributed by atoms with van der Waals surface area (Å²) < 4.78 is 0. The maximum Gasteiger partial charge on any atom is 0.242 e. The summed E-state index contributed by atoms with van der Waals surface area (Å²) in [4.78, 5) is 27.6. The number of amides is 2. The molecule has 0 radical (unpaired) electrons. The Morgan fingerprint density at radius 2 is 1.77 bits per heavy atom. The number of nitrogens with one attached hydrogen (secondary N) is 1. The van der Waals surface area contributed by atoms with Crippen LogP contribution in [-0.2, 0) is 16.1 Å². The van der Waals surface area contributed by atoms with Gasteiger partial charge in [-0.05, 0) is 36.8 Å². The Morgan fingerprint density at radius 3 is 2.38 bits per heavy atom. The predicted molar refractivity (Wildman–Crippen MR) is 107 cm³/mol. The molecule has 0 bridgehead atoms. The van der Waals surface area contributed by atoms with E-state index in [4.69, 9.17) is 11.6 Å². The number of thioether (sulfide) groups is 1. The third-order valence-electron chi connectivity index (χ3n) is 4.01. The largest absolute Gasteiger partial charge is 0.357 e. The monoisotopic (exact) mass is 390 g/mol. The van der Waals surface area contributed by atoms with Crippen LogP contribution in [0.15, 0.2) is 59.5 Å². The second kappa shape index (κ2) is 10.2. The second-order valence-electron chi connectivity index (χ2n) is 5.85. The zero-order chi connectivity index (χ0) is 18.9. The highest BCUT2D eigenvalue weighted by atomic mass is 35.5. The van der Waals surface area contributed by atoms with Gasteiger partial charge in [-0.25, -0.2) is 0 Å². The molecule has 0 aliphatic carbocycles. The first-order chi connectivity index (χ1) is 12.5. The smallest absolute Gasteiger partial charge is 0.242 e. The number of carbonyl (C=O) groups is 2. The summed E-state index contributed by atoms with van der Waals surface area (Å²) in [6, 6.07) is 16.7. The third-order valence-corrected chi connectivity index (χ3v) is 5.27. The van der Waals surface area contributed by atoms with Crippen molar-refractivity contribution in [1.29, 1.82) is 0 Å². The van der Waals surface area contributed by atoms with Crippen molar-refractivity contribution in [3.63, 3.8) is 0 Å². The van der Waals surface area contributed by atoms with Gasteiger partial charge in [-0.2, -0.15) is 0 Å². The summed E-state index contributed by atoms with van der Waals surface area (Å²) in [5.74, 6) is 0.447. The Morgan fingerprint density at radius 1 is 1.12 bits per heavy atom. The van der Waals surface area contributed by atoms with Crippen molar-refractivity contribution < 1.29 is 9.59 Å². The van der Waals surface area contributed by atoms with Crippen molar-refractivity contribution in [1.82, 2.24) is 10.2 Å². The van der Waals surface area contributed by atoms with Crippen molar-refractivity contribution in [3.8, 4) is 0 Å². The van der Waals surface area contributed by atoms with E-state index < -0.39 is 6.04 Å². The number of halogens is 1. The molecule has 1 unspecified atom stereocenters. The Labute approximate surface area is 163 Å². The fourth-order valence-corrected chi connectivity index (χ4v) is 3.48. The Kier molecular flexibility index (Phi) is 8.01. The zero-order valence-electron chi connectivity index (χ0n) is 14.9. The minimum absolute atomic E-state index is 0.0421. The Balaban J connectivity index is 2.02. The second-order valence-corrected chi connectivity index (χ2v) is 7.45. The number of hydrogen-bond acceptors (Lipinski definition) is 3. The fourth-order valence-electron chi connectivity index (χ4n) is 2.49. The first-order valence-corrected chi connectivity index (χ1v) is 9.81. The summed E-state index contributed by atoms with van der Waals surface area (Å²) in [5.41, 5.74) is 0.939. The van der Waals surface area contributed by atoms with Gasteiger partial charge in [0.1, 0.15) is 6.04 Å². The molecule has 2 amide bonds. The van der Waals surface area contributed by atoms with E-state index in [1.807, 2.05) is 42.5 Å². The van der Waals surface area contributed by atoms with Crippen molar-refractivity contribution in [2.45, 2.75) is 30.8 Å². The number of rotatable bonds is 8. The highest BCUT2D eigenvalue weighted by Crippen LogP contribution is 2.20. The molecule has 0 saturated carbocycles. The molecule has 0 aromatic heterocycles. The van der Waals surface area contributed by atoms with Gasteiger partial charge in [-0.3, -0.25) is 9.59 Å². The Bertz CT molecular complexity index is 722. The van der Waals surface area contributed by atoms with Crippen molar-refractivity contribution >= 4 is 35.2 Å². The van der Waals surface area contributed by atoms with Gasteiger partial charge in [-0.1, -0.05) is 41.9 Å². The molecular formula is C20H23ClN2O2S. The SMILES string of the molecule is CNC(=O)C(C)N(Cc1ccc(Cl)cc1)C(=O)CCSc1ccccc1. The van der Waals surface area contributed by atoms with Crippen LogP contribution in [0.1, 0.15) is 18.9 Å². The van der Waals surface area contributed by atoms with Gasteiger partial charge < -0.3 is 10.2 Å². The van der Waals surface area contributed by atoms with Gasteiger partial charge in [0, 0.05) is 35.7 Å². The van der Waals surface area contributed by atoms with Gasteiger partial charge in [0.2, 0.25) is 11.8 Å². The number of benzene rings is 2. The maximum absolute atomic E-state index is 12.8. The van der Waals surface area contributed by atoms with E-state index in [0.29, 0.717) is 23.7 Å². The Hall–Kier alpha value is -1.98. The normalized spacial score (nSPS) is 11.7. The average molecular weight is 391 g/mol. The highest BCUT2D eigenvalue weighted by molar-refractivity contribution is 7.99. The minimum Gasteiger partial charge on any atom is -0.357 e. The van der Waals surface area contributed by atoms with E-state index in [-0.39, 0.29) is 11.8 Å². The zero-order valence-corrected chi connectivity index (χ0v) is 16.5. The molecule has 0 fully saturated rings. The molecule has 0 saturated heterocycles. The quantitative estimate of drug-likeness (QED) is 0.693. The van der Waals surface area contributed by atoms with E-state index in [2.05, 4.69) is 5.32 Å². The van der Waals surface area contributed by atoms with Gasteiger partial charge in [-0.15, -0.1) is 11.8 Å². The lowest BCUT2D eigenvalue weighted by Crippen LogP contribution is -2.46. The molecule has 0 aliphatic heterocycles. The van der Waals surface area contributed by atoms with Gasteiger partial charge in [0.05, 0.1) is 0 Å². The standard InChI is InChI=1S/C20H23ClN2O2S/c1-15(20(25)22-2)23(14-16-8-10-17(21)11-9-16)19(24)12-13-26-18-6-4-3-5-7-18/h3-11,15H,12-14H2,1-2H3,(H,22,25). The minimum atomic E-state index is -0.537. The summed E-state index contributed by atoms with van der Waals surface area (Å²) in [6.45, 7) is 2.12. The molecule has 138 valence electrons. The van der Waals surface area contributed by atoms with E-state index in [1.165, 1.54) is 0 Å². The molecule has 2 aromatic rings. The van der Waals surface area contributed by atoms with Crippen LogP contribution in [0, 0.1) is 0 Å². The van der Waals surface area contributed by atoms with Crippen LogP contribution in [0.5, 0.6) is 0 Å². The lowest BCUT2D eigenvalue weighted by atomic mass is 10.1. The van der Waals surface area contributed by atoms with Crippen LogP contribution in [0.25, 0.3) is 0 Å². The highest BCUT2D eigenvalue weighted by Gasteiger charge is 2.25. The number of likely N-dealkylation sites (N-methyl/N-ethyl adjacent to an activating group) is 1. The fraction of sp³-hybridized carbons (Fsp3) is 0.300. The van der Waals surface area contributed by atoms with Crippen LogP contribution < -0.4 is 5.32 Å². The summed E-state index contributed by atoms with van der Waals surface area (Å²) in [5, 5.41) is 3.26. The van der Waals surface area contributed by atoms with E-state index in [9.17, 15) is 9.59 Å². The van der Waals surface area contributed by atoms with E-state index >= 15 is 0 Å². The van der Waals surface area contributed by atoms with Crippen LogP contribution in [0.3, 0.4) is 0 Å². The van der Waals surface area contributed by atoms with Crippen molar-refractivity contribution in [2.75, 3.05) is 12.8 Å². The van der Waals surface area contributed by atoms with Gasteiger partial charge >= 0.3 is 0 Å². The van der Waals surface area contributed by atoms with Crippen molar-refractivity contribution in [2.24, 2.45) is 0 Å². The summed E-state index contributed by atoms with van der Waals surface area (Å²) in [7, 11) is 1.58. The molecule has 6 heteroatoms. The molecule has 2 aromatic carbocycles. The molecule has 1 N–H and O–H groups in total. The predicted octanol–water partition coefficient (Wildman–Crippen LogP) is 3.99. The number of hydrogen-bond donors (Lipinski definition) is 1. The molecule has 4 nitrogen and oxygen atoms in total. The average Bonchev–Trinajstić information content (AvgIpc) is 2.67.